The predicted molar refractivity (Wildman–Crippen MR) is 102 cm³/mol. The summed E-state index contributed by atoms with van der Waals surface area (Å²) in [5.74, 6) is 1.47. The number of ether oxygens (including phenoxy) is 1. The Labute approximate surface area is 156 Å². The van der Waals surface area contributed by atoms with E-state index in [0.717, 1.165) is 0 Å². The van der Waals surface area contributed by atoms with Gasteiger partial charge in [0.1, 0.15) is 17.1 Å². The molecule has 0 radical (unpaired) electrons. The van der Waals surface area contributed by atoms with Crippen molar-refractivity contribution in [1.82, 2.24) is 10.6 Å². The van der Waals surface area contributed by atoms with E-state index < -0.39 is 5.97 Å². The molecule has 0 aliphatic heterocycles. The second-order valence-electron chi connectivity index (χ2n) is 4.59. The fourth-order valence-corrected chi connectivity index (χ4v) is 2.58. The molecule has 126 valence electrons. The summed E-state index contributed by atoms with van der Waals surface area (Å²) in [5.41, 5.74) is 1.65. The number of aryl methyl sites for hydroxylation is 1. The van der Waals surface area contributed by atoms with Crippen LogP contribution in [0.5, 0.6) is 0 Å². The van der Waals surface area contributed by atoms with Crippen LogP contribution >= 0.6 is 35.3 Å². The number of esters is 1. The third-order valence-electron chi connectivity index (χ3n) is 3.07. The van der Waals surface area contributed by atoms with Crippen LogP contribution in [0.15, 0.2) is 32.3 Å². The Morgan fingerprint density at radius 3 is 2.74 bits per heavy atom. The summed E-state index contributed by atoms with van der Waals surface area (Å²) in [6.07, 6.45) is 0. The summed E-state index contributed by atoms with van der Waals surface area (Å²) in [5, 5.41) is 10.5. The molecule has 2 rings (SSSR count). The van der Waals surface area contributed by atoms with E-state index in [1.165, 1.54) is 12.7 Å². The molecule has 2 aromatic heterocycles. The van der Waals surface area contributed by atoms with Gasteiger partial charge in [-0.3, -0.25) is 4.99 Å². The van der Waals surface area contributed by atoms with Crippen molar-refractivity contribution in [2.45, 2.75) is 20.0 Å². The summed E-state index contributed by atoms with van der Waals surface area (Å²) < 4.78 is 10.2. The number of hydrogen-bond acceptors (Lipinski definition) is 5. The lowest BCUT2D eigenvalue weighted by molar-refractivity contribution is 0.0599. The number of furan rings is 1. The Morgan fingerprint density at radius 2 is 2.13 bits per heavy atom. The van der Waals surface area contributed by atoms with Crippen molar-refractivity contribution in [1.29, 1.82) is 0 Å². The molecular weight excluding hydrogens is 429 g/mol. The molecule has 6 nitrogen and oxygen atoms in total. The number of rotatable bonds is 5. The van der Waals surface area contributed by atoms with Crippen molar-refractivity contribution < 1.29 is 13.9 Å². The minimum absolute atomic E-state index is 0. The molecule has 0 aromatic carbocycles. The van der Waals surface area contributed by atoms with E-state index in [9.17, 15) is 4.79 Å². The van der Waals surface area contributed by atoms with E-state index in [-0.39, 0.29) is 24.0 Å². The first-order valence-electron chi connectivity index (χ1n) is 6.77. The van der Waals surface area contributed by atoms with Crippen molar-refractivity contribution in [2.75, 3.05) is 14.2 Å². The van der Waals surface area contributed by atoms with Crippen LogP contribution in [0.2, 0.25) is 0 Å². The quantitative estimate of drug-likeness (QED) is 0.318. The Bertz CT molecular complexity index is 653. The number of carbonyl (C=O) groups excluding carboxylic acids is 1. The van der Waals surface area contributed by atoms with Gasteiger partial charge in [0.25, 0.3) is 0 Å². The van der Waals surface area contributed by atoms with Crippen molar-refractivity contribution in [3.63, 3.8) is 0 Å². The fraction of sp³-hybridized carbons (Fsp3) is 0.333. The fourth-order valence-electron chi connectivity index (χ4n) is 1.91. The molecule has 2 heterocycles. The van der Waals surface area contributed by atoms with Crippen LogP contribution < -0.4 is 10.6 Å². The van der Waals surface area contributed by atoms with Gasteiger partial charge in [0.05, 0.1) is 13.7 Å². The van der Waals surface area contributed by atoms with Crippen molar-refractivity contribution >= 4 is 47.2 Å². The van der Waals surface area contributed by atoms with Gasteiger partial charge in [-0.15, -0.1) is 24.0 Å². The maximum atomic E-state index is 11.5. The molecule has 0 spiro atoms. The summed E-state index contributed by atoms with van der Waals surface area (Å²) in [4.78, 5) is 15.7. The molecule has 23 heavy (non-hydrogen) atoms. The molecule has 8 heteroatoms. The number of guanidine groups is 1. The van der Waals surface area contributed by atoms with Crippen LogP contribution in [-0.4, -0.2) is 26.1 Å². The molecule has 0 saturated carbocycles. The molecule has 0 unspecified atom stereocenters. The monoisotopic (exact) mass is 449 g/mol. The standard InChI is InChI=1S/C15H19N3O3S.HI/c1-10-13(14(19)20-3)6-12(21-10)8-18-15(16-2)17-7-11-4-5-22-9-11;/h4-6,9H,7-8H2,1-3H3,(H2,16,17,18);1H. The summed E-state index contributed by atoms with van der Waals surface area (Å²) in [6, 6.07) is 3.74. The van der Waals surface area contributed by atoms with Gasteiger partial charge in [0.2, 0.25) is 0 Å². The zero-order chi connectivity index (χ0) is 15.9. The highest BCUT2D eigenvalue weighted by Crippen LogP contribution is 2.15. The number of hydrogen-bond donors (Lipinski definition) is 2. The molecule has 0 atom stereocenters. The van der Waals surface area contributed by atoms with Crippen molar-refractivity contribution in [2.24, 2.45) is 4.99 Å². The van der Waals surface area contributed by atoms with E-state index in [1.807, 2.05) is 5.38 Å². The van der Waals surface area contributed by atoms with Crippen molar-refractivity contribution in [3.8, 4) is 0 Å². The number of halogens is 1. The van der Waals surface area contributed by atoms with Gasteiger partial charge in [-0.2, -0.15) is 11.3 Å². The molecular formula is C15H20IN3O3S. The Hall–Kier alpha value is -1.55. The number of nitrogens with one attached hydrogen (secondary N) is 2. The first kappa shape index (κ1) is 19.5. The minimum atomic E-state index is -0.396. The minimum Gasteiger partial charge on any atom is -0.465 e. The third-order valence-corrected chi connectivity index (χ3v) is 3.80. The molecule has 0 saturated heterocycles. The predicted octanol–water partition coefficient (Wildman–Crippen LogP) is 2.92. The van der Waals surface area contributed by atoms with Crippen LogP contribution in [0, 0.1) is 6.92 Å². The Balaban J connectivity index is 0.00000264. The molecule has 0 aliphatic rings. The molecule has 2 aromatic rings. The summed E-state index contributed by atoms with van der Waals surface area (Å²) >= 11 is 1.66. The summed E-state index contributed by atoms with van der Waals surface area (Å²) in [7, 11) is 3.05. The average Bonchev–Trinajstić information content (AvgIpc) is 3.16. The highest BCUT2D eigenvalue weighted by Gasteiger charge is 2.15. The highest BCUT2D eigenvalue weighted by atomic mass is 127. The maximum absolute atomic E-state index is 11.5. The number of aliphatic imine (C=N–C) groups is 1. The van der Waals surface area contributed by atoms with Crippen LogP contribution in [0.3, 0.4) is 0 Å². The molecule has 0 aliphatic carbocycles. The largest absolute Gasteiger partial charge is 0.465 e. The zero-order valence-corrected chi connectivity index (χ0v) is 16.4. The topological polar surface area (TPSA) is 75.9 Å². The van der Waals surface area contributed by atoms with E-state index in [4.69, 9.17) is 9.15 Å². The van der Waals surface area contributed by atoms with Gasteiger partial charge in [0.15, 0.2) is 5.96 Å². The van der Waals surface area contributed by atoms with Gasteiger partial charge in [-0.25, -0.2) is 4.79 Å². The van der Waals surface area contributed by atoms with E-state index >= 15 is 0 Å². The van der Waals surface area contributed by atoms with Gasteiger partial charge in [-0.1, -0.05) is 0 Å². The number of thiophene rings is 1. The second kappa shape index (κ2) is 9.56. The van der Waals surface area contributed by atoms with Gasteiger partial charge >= 0.3 is 5.97 Å². The number of nitrogens with zero attached hydrogens (tertiary/aromatic N) is 1. The van der Waals surface area contributed by atoms with Gasteiger partial charge in [0, 0.05) is 13.6 Å². The number of carbonyl (C=O) groups is 1. The zero-order valence-electron chi connectivity index (χ0n) is 13.2. The Kier molecular flexibility index (Phi) is 8.10. The number of methoxy groups -OCH3 is 1. The Morgan fingerprint density at radius 1 is 1.39 bits per heavy atom. The SMILES string of the molecule is CN=C(NCc1ccsc1)NCc1cc(C(=O)OC)c(C)o1.I. The van der Waals surface area contributed by atoms with Crippen LogP contribution in [-0.2, 0) is 17.8 Å². The molecule has 0 bridgehead atoms. The smallest absolute Gasteiger partial charge is 0.341 e. The highest BCUT2D eigenvalue weighted by molar-refractivity contribution is 14.0. The maximum Gasteiger partial charge on any atom is 0.341 e. The van der Waals surface area contributed by atoms with Crippen LogP contribution in [0.4, 0.5) is 0 Å². The van der Waals surface area contributed by atoms with Gasteiger partial charge < -0.3 is 19.8 Å². The van der Waals surface area contributed by atoms with E-state index in [1.54, 1.807) is 31.4 Å². The normalized spacial score (nSPS) is 10.8. The molecule has 2 N–H and O–H groups in total. The lowest BCUT2D eigenvalue weighted by Crippen LogP contribution is -2.36. The summed E-state index contributed by atoms with van der Waals surface area (Å²) in [6.45, 7) is 2.87. The average molecular weight is 449 g/mol. The second-order valence-corrected chi connectivity index (χ2v) is 5.37. The third kappa shape index (κ3) is 5.54. The first-order valence-corrected chi connectivity index (χ1v) is 7.71. The van der Waals surface area contributed by atoms with Crippen molar-refractivity contribution in [3.05, 3.63) is 45.5 Å². The van der Waals surface area contributed by atoms with Gasteiger partial charge in [-0.05, 0) is 35.4 Å². The molecule has 0 fully saturated rings. The van der Waals surface area contributed by atoms with E-state index in [0.29, 0.717) is 36.1 Å². The lowest BCUT2D eigenvalue weighted by atomic mass is 10.2. The molecule has 0 amide bonds. The first-order chi connectivity index (χ1) is 10.6. The van der Waals surface area contributed by atoms with Crippen LogP contribution in [0.1, 0.15) is 27.4 Å². The van der Waals surface area contributed by atoms with E-state index in [2.05, 4.69) is 27.1 Å². The lowest BCUT2D eigenvalue weighted by Gasteiger charge is -2.10. The van der Waals surface area contributed by atoms with Crippen LogP contribution in [0.25, 0.3) is 0 Å².